The Morgan fingerprint density at radius 2 is 1.83 bits per heavy atom. The molecule has 2 aliphatic rings. The summed E-state index contributed by atoms with van der Waals surface area (Å²) in [6, 6.07) is 7.04. The molecule has 0 unspecified atom stereocenters. The number of rotatable bonds is 7. The van der Waals surface area contributed by atoms with Crippen LogP contribution < -0.4 is 20.7 Å². The second kappa shape index (κ2) is 11.8. The molecule has 216 valence electrons. The summed E-state index contributed by atoms with van der Waals surface area (Å²) in [5.74, 6) is -3.41. The molecule has 0 bridgehead atoms. The molecule has 2 aromatic carbocycles. The minimum atomic E-state index is -1.14. The zero-order valence-electron chi connectivity index (χ0n) is 22.5. The molecule has 2 saturated heterocycles. The molecule has 1 aromatic heterocycles. The van der Waals surface area contributed by atoms with Crippen LogP contribution in [0.2, 0.25) is 5.02 Å². The fraction of sp³-hybridized carbons (Fsp3) is 0.357. The number of methoxy groups -OCH3 is 1. The van der Waals surface area contributed by atoms with Crippen molar-refractivity contribution in [2.45, 2.75) is 18.9 Å². The van der Waals surface area contributed by atoms with Crippen molar-refractivity contribution >= 4 is 35.0 Å². The number of hydrogen-bond donors (Lipinski definition) is 3. The quantitative estimate of drug-likeness (QED) is 0.391. The number of aromatic nitrogens is 2. The van der Waals surface area contributed by atoms with Gasteiger partial charge in [-0.25, -0.2) is 9.37 Å². The Balaban J connectivity index is 1.20. The van der Waals surface area contributed by atoms with Gasteiger partial charge in [-0.05, 0) is 56.3 Å². The summed E-state index contributed by atoms with van der Waals surface area (Å²) in [4.78, 5) is 44.0. The minimum Gasteiger partial charge on any atom is -0.494 e. The van der Waals surface area contributed by atoms with Crippen molar-refractivity contribution in [3.8, 4) is 17.0 Å². The summed E-state index contributed by atoms with van der Waals surface area (Å²) < 4.78 is 34.9. The van der Waals surface area contributed by atoms with Gasteiger partial charge >= 0.3 is 0 Å². The monoisotopic (exact) mass is 586 g/mol. The standard InChI is InChI=1S/C28H29ClF2N6O4/c1-36-21(19-5-6-22(41-2)24(31)23(19)30)12-33-25(36)27(39)34-16-3-4-18(20(29)11-16)28(40)37-13-17(14-37)35-26(38)15-7-9-32-10-8-15/h3-6,11-12,15,17,32H,7-10,13-14H2,1-2H3,(H,34,39)(H,35,38). The molecule has 0 radical (unpaired) electrons. The van der Waals surface area contributed by atoms with Gasteiger partial charge in [-0.1, -0.05) is 11.6 Å². The van der Waals surface area contributed by atoms with Gasteiger partial charge in [0.05, 0.1) is 35.6 Å². The third-order valence-corrected chi connectivity index (χ3v) is 7.73. The smallest absolute Gasteiger partial charge is 0.291 e. The van der Waals surface area contributed by atoms with Crippen LogP contribution in [-0.4, -0.2) is 71.5 Å². The maximum absolute atomic E-state index is 14.6. The number of anilines is 1. The minimum absolute atomic E-state index is 0.00200. The number of carbonyl (C=O) groups is 3. The summed E-state index contributed by atoms with van der Waals surface area (Å²) >= 11 is 6.39. The number of carbonyl (C=O) groups excluding carboxylic acids is 3. The van der Waals surface area contributed by atoms with Crippen molar-refractivity contribution in [1.29, 1.82) is 0 Å². The van der Waals surface area contributed by atoms with Crippen molar-refractivity contribution in [1.82, 2.24) is 25.1 Å². The van der Waals surface area contributed by atoms with E-state index in [1.54, 1.807) is 4.90 Å². The zero-order valence-corrected chi connectivity index (χ0v) is 23.2. The fourth-order valence-corrected chi connectivity index (χ4v) is 5.28. The lowest BCUT2D eigenvalue weighted by Crippen LogP contribution is -2.61. The first-order valence-corrected chi connectivity index (χ1v) is 13.5. The predicted molar refractivity (Wildman–Crippen MR) is 148 cm³/mol. The largest absolute Gasteiger partial charge is 0.494 e. The predicted octanol–water partition coefficient (Wildman–Crippen LogP) is 3.22. The van der Waals surface area contributed by atoms with Crippen LogP contribution in [0.3, 0.4) is 0 Å². The summed E-state index contributed by atoms with van der Waals surface area (Å²) in [6.07, 6.45) is 2.88. The summed E-state index contributed by atoms with van der Waals surface area (Å²) in [5.41, 5.74) is 0.692. The van der Waals surface area contributed by atoms with E-state index >= 15 is 0 Å². The van der Waals surface area contributed by atoms with E-state index in [1.165, 1.54) is 55.3 Å². The molecule has 2 fully saturated rings. The van der Waals surface area contributed by atoms with Crippen LogP contribution in [0.4, 0.5) is 14.5 Å². The second-order valence-electron chi connectivity index (χ2n) is 10.1. The molecule has 0 atom stereocenters. The van der Waals surface area contributed by atoms with Crippen LogP contribution in [0.5, 0.6) is 5.75 Å². The molecular formula is C28H29ClF2N6O4. The Morgan fingerprint density at radius 3 is 2.51 bits per heavy atom. The molecule has 13 heteroatoms. The number of nitrogens with one attached hydrogen (secondary N) is 3. The first-order valence-electron chi connectivity index (χ1n) is 13.1. The van der Waals surface area contributed by atoms with Crippen LogP contribution in [0.1, 0.15) is 33.8 Å². The van der Waals surface area contributed by atoms with Crippen LogP contribution in [-0.2, 0) is 11.8 Å². The first-order chi connectivity index (χ1) is 19.7. The van der Waals surface area contributed by atoms with E-state index in [9.17, 15) is 23.2 Å². The molecule has 3 heterocycles. The lowest BCUT2D eigenvalue weighted by atomic mass is 9.96. The molecule has 0 saturated carbocycles. The highest BCUT2D eigenvalue weighted by atomic mass is 35.5. The lowest BCUT2D eigenvalue weighted by Gasteiger charge is -2.40. The SMILES string of the molecule is COc1ccc(-c2cnc(C(=O)Nc3ccc(C(=O)N4CC(NC(=O)C5CCNCC5)C4)c(Cl)c3)n2C)c(F)c1F. The highest BCUT2D eigenvalue weighted by Gasteiger charge is 2.34. The average molecular weight is 587 g/mol. The lowest BCUT2D eigenvalue weighted by molar-refractivity contribution is -0.127. The normalized spacial score (nSPS) is 15.8. The average Bonchev–Trinajstić information content (AvgIpc) is 3.33. The van der Waals surface area contributed by atoms with Crippen LogP contribution in [0.15, 0.2) is 36.5 Å². The van der Waals surface area contributed by atoms with Crippen LogP contribution in [0, 0.1) is 17.6 Å². The molecule has 10 nitrogen and oxygen atoms in total. The summed E-state index contributed by atoms with van der Waals surface area (Å²) in [7, 11) is 2.74. The second-order valence-corrected chi connectivity index (χ2v) is 10.5. The van der Waals surface area contributed by atoms with E-state index in [0.29, 0.717) is 18.8 Å². The fourth-order valence-electron chi connectivity index (χ4n) is 5.02. The van der Waals surface area contributed by atoms with Crippen molar-refractivity contribution in [2.24, 2.45) is 13.0 Å². The summed E-state index contributed by atoms with van der Waals surface area (Å²) in [6.45, 7) is 2.45. The van der Waals surface area contributed by atoms with Gasteiger partial charge < -0.3 is 30.2 Å². The maximum atomic E-state index is 14.6. The van der Waals surface area contributed by atoms with Crippen molar-refractivity contribution in [3.63, 3.8) is 0 Å². The van der Waals surface area contributed by atoms with E-state index < -0.39 is 17.5 Å². The van der Waals surface area contributed by atoms with Gasteiger partial charge in [0.1, 0.15) is 0 Å². The maximum Gasteiger partial charge on any atom is 0.291 e. The molecular weight excluding hydrogens is 558 g/mol. The van der Waals surface area contributed by atoms with Crippen molar-refractivity contribution in [3.05, 3.63) is 64.6 Å². The van der Waals surface area contributed by atoms with Gasteiger partial charge in [0.25, 0.3) is 11.8 Å². The van der Waals surface area contributed by atoms with E-state index in [4.69, 9.17) is 16.3 Å². The molecule has 2 aliphatic heterocycles. The number of hydrogen-bond acceptors (Lipinski definition) is 6. The van der Waals surface area contributed by atoms with Gasteiger partial charge in [-0.15, -0.1) is 0 Å². The van der Waals surface area contributed by atoms with E-state index in [-0.39, 0.29) is 57.2 Å². The molecule has 3 aromatic rings. The number of imidazole rings is 1. The van der Waals surface area contributed by atoms with Gasteiger partial charge in [0.2, 0.25) is 11.7 Å². The van der Waals surface area contributed by atoms with E-state index in [2.05, 4.69) is 20.9 Å². The van der Waals surface area contributed by atoms with E-state index in [0.717, 1.165) is 25.9 Å². The number of nitrogens with zero attached hydrogens (tertiary/aromatic N) is 3. The topological polar surface area (TPSA) is 118 Å². The Kier molecular flexibility index (Phi) is 8.22. The number of piperidine rings is 1. The van der Waals surface area contributed by atoms with Crippen molar-refractivity contribution < 1.29 is 27.9 Å². The number of amides is 3. The molecule has 41 heavy (non-hydrogen) atoms. The van der Waals surface area contributed by atoms with Gasteiger partial charge in [-0.2, -0.15) is 4.39 Å². The Hall–Kier alpha value is -4.03. The molecule has 3 N–H and O–H groups in total. The van der Waals surface area contributed by atoms with E-state index in [1.807, 2.05) is 0 Å². The molecule has 0 aliphatic carbocycles. The van der Waals surface area contributed by atoms with Gasteiger partial charge in [0, 0.05) is 37.3 Å². The van der Waals surface area contributed by atoms with Crippen LogP contribution in [0.25, 0.3) is 11.3 Å². The van der Waals surface area contributed by atoms with Crippen molar-refractivity contribution in [2.75, 3.05) is 38.6 Å². The highest BCUT2D eigenvalue weighted by Crippen LogP contribution is 2.30. The highest BCUT2D eigenvalue weighted by molar-refractivity contribution is 6.34. The Labute approximate surface area is 240 Å². The van der Waals surface area contributed by atoms with Gasteiger partial charge in [-0.3, -0.25) is 14.4 Å². The summed E-state index contributed by atoms with van der Waals surface area (Å²) in [5, 5.41) is 9.06. The van der Waals surface area contributed by atoms with Gasteiger partial charge in [0.15, 0.2) is 17.4 Å². The number of likely N-dealkylation sites (tertiary alicyclic amines) is 1. The molecule has 5 rings (SSSR count). The number of halogens is 3. The molecule has 3 amide bonds. The zero-order chi connectivity index (χ0) is 29.3. The number of benzene rings is 2. The third kappa shape index (κ3) is 5.75. The molecule has 0 spiro atoms. The van der Waals surface area contributed by atoms with Crippen LogP contribution >= 0.6 is 11.6 Å². The third-order valence-electron chi connectivity index (χ3n) is 7.42. The Bertz CT molecular complexity index is 1500. The number of ether oxygens (including phenoxy) is 1. The first kappa shape index (κ1) is 28.5. The Morgan fingerprint density at radius 1 is 1.10 bits per heavy atom.